The van der Waals surface area contributed by atoms with E-state index in [0.717, 1.165) is 6.07 Å². The van der Waals surface area contributed by atoms with E-state index in [2.05, 4.69) is 4.98 Å². The van der Waals surface area contributed by atoms with Gasteiger partial charge in [0.25, 0.3) is 0 Å². The van der Waals surface area contributed by atoms with Gasteiger partial charge in [0.15, 0.2) is 0 Å². The predicted molar refractivity (Wildman–Crippen MR) is 55.1 cm³/mol. The maximum absolute atomic E-state index is 12.3. The number of rotatable bonds is 3. The van der Waals surface area contributed by atoms with Crippen molar-refractivity contribution in [2.24, 2.45) is 0 Å². The Morgan fingerprint density at radius 2 is 2.27 bits per heavy atom. The Kier molecular flexibility index (Phi) is 3.72. The molecule has 0 fully saturated rings. The van der Waals surface area contributed by atoms with Crippen LogP contribution in [0.3, 0.4) is 0 Å². The van der Waals surface area contributed by atoms with Crippen LogP contribution in [0.2, 0.25) is 0 Å². The second-order valence-corrected chi connectivity index (χ2v) is 3.61. The Hall–Kier alpha value is -1.06. The summed E-state index contributed by atoms with van der Waals surface area (Å²) in [5, 5.41) is 10.5. The molecule has 82 valence electrons. The van der Waals surface area contributed by atoms with Crippen LogP contribution in [0.4, 0.5) is 14.6 Å². The Balaban J connectivity index is 3.38. The van der Waals surface area contributed by atoms with E-state index in [-0.39, 0.29) is 9.32 Å². The first-order valence-electron chi connectivity index (χ1n) is 3.64. The summed E-state index contributed by atoms with van der Waals surface area (Å²) in [6.07, 6.45) is -2.84. The normalized spacial score (nSPS) is 10.5. The number of hydrogen-bond acceptors (Lipinski definition) is 4. The molecule has 1 rings (SSSR count). The monoisotopic (exact) mass is 330 g/mol. The fourth-order valence-corrected chi connectivity index (χ4v) is 1.71. The van der Waals surface area contributed by atoms with Crippen LogP contribution in [0, 0.1) is 13.7 Å². The van der Waals surface area contributed by atoms with Crippen molar-refractivity contribution in [1.82, 2.24) is 4.98 Å². The highest BCUT2D eigenvalue weighted by molar-refractivity contribution is 14.1. The van der Waals surface area contributed by atoms with Crippen molar-refractivity contribution >= 4 is 28.4 Å². The maximum atomic E-state index is 12.3. The highest BCUT2D eigenvalue weighted by Gasteiger charge is 2.26. The molecule has 0 N–H and O–H groups in total. The molecule has 1 aromatic heterocycles. The average molecular weight is 330 g/mol. The van der Waals surface area contributed by atoms with E-state index in [1.165, 1.54) is 7.11 Å². The molecule has 0 amide bonds. The number of hydrogen-bond donors (Lipinski definition) is 0. The topological polar surface area (TPSA) is 65.3 Å². The van der Waals surface area contributed by atoms with Gasteiger partial charge in [0.05, 0.1) is 10.7 Å². The SMILES string of the molecule is COc1c(I)cc(C(F)F)nc1[N+](=O)[O-]. The number of pyridine rings is 1. The minimum atomic E-state index is -2.84. The highest BCUT2D eigenvalue weighted by atomic mass is 127. The van der Waals surface area contributed by atoms with Crippen molar-refractivity contribution in [3.63, 3.8) is 0 Å². The van der Waals surface area contributed by atoms with Gasteiger partial charge in [-0.2, -0.15) is 0 Å². The summed E-state index contributed by atoms with van der Waals surface area (Å²) in [5.41, 5.74) is -0.632. The number of aromatic nitrogens is 1. The Labute approximate surface area is 96.7 Å². The Morgan fingerprint density at radius 3 is 2.67 bits per heavy atom. The van der Waals surface area contributed by atoms with Crippen molar-refractivity contribution in [2.45, 2.75) is 6.43 Å². The molecule has 1 aromatic rings. The molecule has 0 aliphatic heterocycles. The first kappa shape index (κ1) is 12.0. The maximum Gasteiger partial charge on any atom is 0.407 e. The standard InChI is InChI=1S/C7H5F2IN2O3/c1-15-5-3(10)2-4(6(8)9)11-7(5)12(13)14/h2,6H,1H3. The van der Waals surface area contributed by atoms with Gasteiger partial charge in [-0.25, -0.2) is 8.78 Å². The fourth-order valence-electron chi connectivity index (χ4n) is 0.932. The van der Waals surface area contributed by atoms with Crippen molar-refractivity contribution in [3.8, 4) is 5.75 Å². The second kappa shape index (κ2) is 4.64. The molecule has 0 atom stereocenters. The molecular formula is C7H5F2IN2O3. The number of ether oxygens (including phenoxy) is 1. The van der Waals surface area contributed by atoms with Gasteiger partial charge in [-0.15, -0.1) is 0 Å². The third kappa shape index (κ3) is 2.49. The summed E-state index contributed by atoms with van der Waals surface area (Å²) >= 11 is 1.68. The summed E-state index contributed by atoms with van der Waals surface area (Å²) in [5.74, 6) is -0.801. The first-order chi connectivity index (χ1) is 6.97. The third-order valence-corrected chi connectivity index (χ3v) is 2.33. The zero-order valence-electron chi connectivity index (χ0n) is 7.41. The molecule has 0 aliphatic rings. The summed E-state index contributed by atoms with van der Waals surface area (Å²) in [7, 11) is 1.22. The molecule has 0 bridgehead atoms. The molecule has 1 heterocycles. The van der Waals surface area contributed by atoms with Gasteiger partial charge in [0.1, 0.15) is 0 Å². The smallest absolute Gasteiger partial charge is 0.407 e. The van der Waals surface area contributed by atoms with Crippen molar-refractivity contribution in [3.05, 3.63) is 25.4 Å². The van der Waals surface area contributed by atoms with E-state index in [1.54, 1.807) is 22.6 Å². The van der Waals surface area contributed by atoms with Crippen molar-refractivity contribution in [2.75, 3.05) is 7.11 Å². The lowest BCUT2D eigenvalue weighted by Crippen LogP contribution is -2.02. The lowest BCUT2D eigenvalue weighted by Gasteiger charge is -2.04. The Morgan fingerprint density at radius 1 is 1.67 bits per heavy atom. The molecule has 15 heavy (non-hydrogen) atoms. The van der Waals surface area contributed by atoms with Gasteiger partial charge in [-0.05, 0) is 32.5 Å². The minimum Gasteiger partial charge on any atom is -0.488 e. The van der Waals surface area contributed by atoms with Crippen LogP contribution < -0.4 is 4.74 Å². The summed E-state index contributed by atoms with van der Waals surface area (Å²) in [6, 6.07) is 1.05. The van der Waals surface area contributed by atoms with Crippen LogP contribution in [-0.4, -0.2) is 17.0 Å². The van der Waals surface area contributed by atoms with Gasteiger partial charge >= 0.3 is 12.2 Å². The molecule has 0 saturated carbocycles. The van der Waals surface area contributed by atoms with Gasteiger partial charge in [0.2, 0.25) is 11.4 Å². The van der Waals surface area contributed by atoms with Crippen molar-refractivity contribution < 1.29 is 18.4 Å². The van der Waals surface area contributed by atoms with E-state index in [1.807, 2.05) is 0 Å². The molecule has 0 radical (unpaired) electrons. The molecule has 0 spiro atoms. The van der Waals surface area contributed by atoms with Gasteiger partial charge in [-0.1, -0.05) is 0 Å². The highest BCUT2D eigenvalue weighted by Crippen LogP contribution is 2.33. The summed E-state index contributed by atoms with van der Waals surface area (Å²) in [6.45, 7) is 0. The molecule has 8 heteroatoms. The number of halogens is 3. The van der Waals surface area contributed by atoms with E-state index >= 15 is 0 Å². The molecule has 0 aromatic carbocycles. The van der Waals surface area contributed by atoms with Gasteiger partial charge in [0, 0.05) is 6.07 Å². The van der Waals surface area contributed by atoms with E-state index in [0.29, 0.717) is 0 Å². The van der Waals surface area contributed by atoms with Gasteiger partial charge in [-0.3, -0.25) is 0 Å². The quantitative estimate of drug-likeness (QED) is 0.485. The number of nitro groups is 1. The predicted octanol–water partition coefficient (Wildman–Crippen LogP) is 2.54. The molecule has 0 aliphatic carbocycles. The van der Waals surface area contributed by atoms with E-state index in [4.69, 9.17) is 4.74 Å². The van der Waals surface area contributed by atoms with E-state index < -0.39 is 22.9 Å². The molecule has 0 unspecified atom stereocenters. The molecule has 5 nitrogen and oxygen atoms in total. The summed E-state index contributed by atoms with van der Waals surface area (Å²) < 4.78 is 29.5. The lowest BCUT2D eigenvalue weighted by atomic mass is 10.3. The number of methoxy groups -OCH3 is 1. The zero-order chi connectivity index (χ0) is 11.6. The molecule has 0 saturated heterocycles. The van der Waals surface area contributed by atoms with Crippen molar-refractivity contribution in [1.29, 1.82) is 0 Å². The third-order valence-electron chi connectivity index (χ3n) is 1.53. The Bertz CT molecular complexity index is 400. The minimum absolute atomic E-state index is 0.106. The van der Waals surface area contributed by atoms with Crippen LogP contribution >= 0.6 is 22.6 Å². The fraction of sp³-hybridized carbons (Fsp3) is 0.286. The van der Waals surface area contributed by atoms with Crippen LogP contribution in [0.5, 0.6) is 5.75 Å². The van der Waals surface area contributed by atoms with Crippen LogP contribution in [0.1, 0.15) is 12.1 Å². The molecular weight excluding hydrogens is 325 g/mol. The van der Waals surface area contributed by atoms with E-state index in [9.17, 15) is 18.9 Å². The largest absolute Gasteiger partial charge is 0.488 e. The number of alkyl halides is 2. The van der Waals surface area contributed by atoms with Crippen LogP contribution in [0.15, 0.2) is 6.07 Å². The van der Waals surface area contributed by atoms with Crippen LogP contribution in [0.25, 0.3) is 0 Å². The first-order valence-corrected chi connectivity index (χ1v) is 4.72. The van der Waals surface area contributed by atoms with Gasteiger partial charge < -0.3 is 14.9 Å². The average Bonchev–Trinajstić information content (AvgIpc) is 2.16. The van der Waals surface area contributed by atoms with Crippen LogP contribution in [-0.2, 0) is 0 Å². The summed E-state index contributed by atoms with van der Waals surface area (Å²) in [4.78, 5) is 12.9. The number of nitrogens with zero attached hydrogens (tertiary/aromatic N) is 2. The second-order valence-electron chi connectivity index (χ2n) is 2.44. The zero-order valence-corrected chi connectivity index (χ0v) is 9.57. The lowest BCUT2D eigenvalue weighted by molar-refractivity contribution is -0.390.